The average molecular weight is 173 g/mol. The largest absolute Gasteiger partial charge is 0.310 e. The molecule has 0 amide bonds. The Labute approximate surface area is 71.3 Å². The van der Waals surface area contributed by atoms with Crippen LogP contribution in [0.1, 0.15) is 1.43 Å². The maximum atomic E-state index is 10.3. The van der Waals surface area contributed by atoms with Gasteiger partial charge in [0.25, 0.3) is 0 Å². The molecule has 3 heteroatoms. The van der Waals surface area contributed by atoms with E-state index in [-0.39, 0.29) is 1.43 Å². The maximum Gasteiger partial charge on any atom is 0.0418 e. The van der Waals surface area contributed by atoms with Gasteiger partial charge in [-0.15, -0.1) is 0 Å². The van der Waals surface area contributed by atoms with Crippen molar-refractivity contribution < 1.29 is 5.64 Å². The van der Waals surface area contributed by atoms with Crippen molar-refractivity contribution in [2.45, 2.75) is 0 Å². The van der Waals surface area contributed by atoms with E-state index < -0.39 is 10.8 Å². The molecule has 0 saturated heterocycles. The number of rotatable bonds is 0. The molecule has 0 unspecified atom stereocenters. The van der Waals surface area contributed by atoms with Crippen molar-refractivity contribution in [1.82, 2.24) is 5.32 Å². The molecule has 2 aliphatic heterocycles. The highest BCUT2D eigenvalue weighted by Crippen LogP contribution is 1.92. The van der Waals surface area contributed by atoms with Crippen LogP contribution in [0.3, 0.4) is 0 Å². The van der Waals surface area contributed by atoms with Crippen molar-refractivity contribution in [3.63, 3.8) is 0 Å². The topological polar surface area (TPSA) is 29.1 Å². The van der Waals surface area contributed by atoms with Crippen LogP contribution in [0.5, 0.6) is 0 Å². The lowest BCUT2D eigenvalue weighted by molar-refractivity contribution is 0.688. The second kappa shape index (κ2) is 5.27. The summed E-state index contributed by atoms with van der Waals surface area (Å²) in [6.07, 6.45) is 8.16. The zero-order chi connectivity index (χ0) is 7.94. The van der Waals surface area contributed by atoms with Gasteiger partial charge >= 0.3 is 0 Å². The maximum absolute atomic E-state index is 10.3. The summed E-state index contributed by atoms with van der Waals surface area (Å²) < 4.78 is 10.3. The Balaban J connectivity index is 0.000000189. The molecule has 0 aromatic carbocycles. The van der Waals surface area contributed by atoms with Crippen LogP contribution in [0, 0.1) is 0 Å². The lowest BCUT2D eigenvalue weighted by Crippen LogP contribution is -2.04. The lowest BCUT2D eigenvalue weighted by Gasteiger charge is -1.77. The van der Waals surface area contributed by atoms with E-state index in [1.54, 1.807) is 0 Å². The van der Waals surface area contributed by atoms with Gasteiger partial charge in [-0.25, -0.2) is 0 Å². The molecule has 0 radical (unpaired) electrons. The van der Waals surface area contributed by atoms with Crippen LogP contribution >= 0.6 is 0 Å². The quantitative estimate of drug-likeness (QED) is 0.546. The predicted octanol–water partition coefficient (Wildman–Crippen LogP) is 0.697. The third-order valence-corrected chi connectivity index (χ3v) is 2.55. The van der Waals surface area contributed by atoms with E-state index in [1.807, 2.05) is 12.2 Å². The first kappa shape index (κ1) is 8.68. The van der Waals surface area contributed by atoms with Crippen molar-refractivity contribution >= 4 is 10.8 Å². The second-order valence-corrected chi connectivity index (χ2v) is 3.92. The van der Waals surface area contributed by atoms with Gasteiger partial charge in [0, 0.05) is 36.8 Å². The molecule has 0 saturated carbocycles. The average Bonchev–Trinajstić information content (AvgIpc) is 2.57. The van der Waals surface area contributed by atoms with E-state index in [0.717, 1.165) is 24.6 Å². The van der Waals surface area contributed by atoms with Gasteiger partial charge in [-0.1, -0.05) is 24.3 Å². The molecule has 0 atom stereocenters. The van der Waals surface area contributed by atoms with Gasteiger partial charge in [-0.2, -0.15) is 0 Å². The molecule has 2 heterocycles. The first-order valence-electron chi connectivity index (χ1n) is 3.75. The van der Waals surface area contributed by atoms with Crippen LogP contribution in [-0.2, 0) is 10.8 Å². The van der Waals surface area contributed by atoms with Crippen LogP contribution in [0.4, 0.5) is 0 Å². The van der Waals surface area contributed by atoms with Gasteiger partial charge in [0.1, 0.15) is 0 Å². The Morgan fingerprint density at radius 2 is 1.64 bits per heavy atom. The van der Waals surface area contributed by atoms with Crippen LogP contribution in [-0.4, -0.2) is 28.8 Å². The first-order chi connectivity index (χ1) is 5.39. The van der Waals surface area contributed by atoms with E-state index in [0.29, 0.717) is 0 Å². The summed E-state index contributed by atoms with van der Waals surface area (Å²) >= 11 is 0. The smallest absolute Gasteiger partial charge is 0.0418 e. The zero-order valence-electron chi connectivity index (χ0n) is 6.45. The third-order valence-electron chi connectivity index (χ3n) is 1.42. The van der Waals surface area contributed by atoms with Crippen molar-refractivity contribution in [2.24, 2.45) is 0 Å². The molecule has 0 aliphatic carbocycles. The molecule has 0 aromatic rings. The van der Waals surface area contributed by atoms with Crippen LogP contribution in [0.25, 0.3) is 0 Å². The van der Waals surface area contributed by atoms with Gasteiger partial charge < -0.3 is 5.32 Å². The van der Waals surface area contributed by atoms with Gasteiger partial charge in [0.05, 0.1) is 0 Å². The van der Waals surface area contributed by atoms with Gasteiger partial charge in [0.2, 0.25) is 0 Å². The second-order valence-electron chi connectivity index (χ2n) is 2.37. The zero-order valence-corrected chi connectivity index (χ0v) is 7.27. The summed E-state index contributed by atoms with van der Waals surface area (Å²) in [4.78, 5) is 0. The van der Waals surface area contributed by atoms with E-state index >= 15 is 0 Å². The fourth-order valence-electron chi connectivity index (χ4n) is 0.835. The number of hydrogen-bond donors (Lipinski definition) is 1. The third kappa shape index (κ3) is 4.11. The minimum atomic E-state index is -0.534. The Kier molecular flexibility index (Phi) is 4.16. The molecule has 2 nitrogen and oxygen atoms in total. The SMILES string of the molecule is C1=CCNC1.O=S1CC=CC1.[HH]. The summed E-state index contributed by atoms with van der Waals surface area (Å²) in [5.41, 5.74) is 0. The van der Waals surface area contributed by atoms with Crippen LogP contribution in [0.15, 0.2) is 24.3 Å². The van der Waals surface area contributed by atoms with Crippen molar-refractivity contribution in [3.8, 4) is 0 Å². The molecule has 64 valence electrons. The first-order valence-corrected chi connectivity index (χ1v) is 5.24. The minimum Gasteiger partial charge on any atom is -0.310 e. The number of hydrogen-bond acceptors (Lipinski definition) is 2. The van der Waals surface area contributed by atoms with E-state index in [9.17, 15) is 4.21 Å². The van der Waals surface area contributed by atoms with Gasteiger partial charge in [0.15, 0.2) is 0 Å². The van der Waals surface area contributed by atoms with Gasteiger partial charge in [-0.3, -0.25) is 4.21 Å². The summed E-state index contributed by atoms with van der Waals surface area (Å²) in [7, 11) is -0.534. The highest BCUT2D eigenvalue weighted by atomic mass is 32.2. The fourth-order valence-corrected chi connectivity index (χ4v) is 1.67. The van der Waals surface area contributed by atoms with Crippen molar-refractivity contribution in [2.75, 3.05) is 24.6 Å². The summed E-state index contributed by atoms with van der Waals surface area (Å²) in [6, 6.07) is 0. The Morgan fingerprint density at radius 1 is 1.09 bits per heavy atom. The molecule has 0 fully saturated rings. The Morgan fingerprint density at radius 3 is 1.82 bits per heavy atom. The molecule has 1 N–H and O–H groups in total. The van der Waals surface area contributed by atoms with Crippen LogP contribution in [0.2, 0.25) is 0 Å². The van der Waals surface area contributed by atoms with E-state index in [1.165, 1.54) is 0 Å². The summed E-state index contributed by atoms with van der Waals surface area (Å²) in [5, 5.41) is 3.11. The Hall–Kier alpha value is -0.410. The molecular formula is C8H15NOS. The molecule has 0 bridgehead atoms. The summed E-state index contributed by atoms with van der Waals surface area (Å²) in [5.74, 6) is 1.56. The van der Waals surface area contributed by atoms with Crippen molar-refractivity contribution in [1.29, 1.82) is 0 Å². The molecule has 0 spiro atoms. The highest BCUT2D eigenvalue weighted by Gasteiger charge is 1.97. The van der Waals surface area contributed by atoms with Gasteiger partial charge in [-0.05, 0) is 0 Å². The monoisotopic (exact) mass is 173 g/mol. The molecular weight excluding hydrogens is 158 g/mol. The normalized spacial score (nSPS) is 21.8. The number of nitrogens with one attached hydrogen (secondary N) is 1. The lowest BCUT2D eigenvalue weighted by atomic mass is 10.6. The van der Waals surface area contributed by atoms with Crippen LogP contribution < -0.4 is 5.32 Å². The predicted molar refractivity (Wildman–Crippen MR) is 51.1 cm³/mol. The summed E-state index contributed by atoms with van der Waals surface area (Å²) in [6.45, 7) is 2.14. The van der Waals surface area contributed by atoms with E-state index in [2.05, 4.69) is 17.5 Å². The fraction of sp³-hybridized carbons (Fsp3) is 0.500. The standard InChI is InChI=1S/C4H7N.C4H6OS.H2/c1-2-4-5-3-1;5-6-3-1-2-4-6;/h1-2,5H,3-4H2;1-2H,3-4H2;1H. The van der Waals surface area contributed by atoms with Crippen molar-refractivity contribution in [3.05, 3.63) is 24.3 Å². The highest BCUT2D eigenvalue weighted by molar-refractivity contribution is 7.85. The molecule has 2 rings (SSSR count). The molecule has 2 aliphatic rings. The molecule has 0 aromatic heterocycles. The Bertz CT molecular complexity index is 175. The molecule has 11 heavy (non-hydrogen) atoms. The minimum absolute atomic E-state index is 0. The van der Waals surface area contributed by atoms with E-state index in [4.69, 9.17) is 0 Å².